The zero-order chi connectivity index (χ0) is 10.5. The molecule has 15 heavy (non-hydrogen) atoms. The molecule has 0 bridgehead atoms. The molecule has 2 atom stereocenters. The average molecular weight is 228 g/mol. The Morgan fingerprint density at radius 3 is 2.87 bits per heavy atom. The van der Waals surface area contributed by atoms with Crippen LogP contribution < -0.4 is 5.32 Å². The Balaban J connectivity index is 1.64. The summed E-state index contributed by atoms with van der Waals surface area (Å²) in [5, 5.41) is 3.63. The SMILES string of the molecule is CN(CC1CCSC1)CC1CCCCN1. The fourth-order valence-corrected chi connectivity index (χ4v) is 3.97. The Labute approximate surface area is 98.2 Å². The van der Waals surface area contributed by atoms with Crippen molar-refractivity contribution in [3.8, 4) is 0 Å². The summed E-state index contributed by atoms with van der Waals surface area (Å²) in [5.41, 5.74) is 0. The molecule has 0 radical (unpaired) electrons. The second kappa shape index (κ2) is 6.12. The van der Waals surface area contributed by atoms with Crippen LogP contribution in [0, 0.1) is 5.92 Å². The quantitative estimate of drug-likeness (QED) is 0.790. The van der Waals surface area contributed by atoms with Gasteiger partial charge in [0, 0.05) is 19.1 Å². The molecule has 2 heterocycles. The van der Waals surface area contributed by atoms with Crippen LogP contribution in [0.5, 0.6) is 0 Å². The van der Waals surface area contributed by atoms with Gasteiger partial charge in [0.05, 0.1) is 0 Å². The molecule has 2 unspecified atom stereocenters. The van der Waals surface area contributed by atoms with E-state index in [0.717, 1.165) is 12.0 Å². The number of rotatable bonds is 4. The first kappa shape index (κ1) is 11.7. The van der Waals surface area contributed by atoms with Crippen molar-refractivity contribution in [3.05, 3.63) is 0 Å². The number of piperidine rings is 1. The molecule has 3 heteroatoms. The van der Waals surface area contributed by atoms with Gasteiger partial charge in [-0.2, -0.15) is 11.8 Å². The summed E-state index contributed by atoms with van der Waals surface area (Å²) in [5.74, 6) is 3.74. The highest BCUT2D eigenvalue weighted by Crippen LogP contribution is 2.24. The normalized spacial score (nSPS) is 32.4. The molecule has 2 aliphatic rings. The molecule has 2 fully saturated rings. The van der Waals surface area contributed by atoms with E-state index in [9.17, 15) is 0 Å². The highest BCUT2D eigenvalue weighted by atomic mass is 32.2. The van der Waals surface area contributed by atoms with Gasteiger partial charge in [0.25, 0.3) is 0 Å². The van der Waals surface area contributed by atoms with Crippen LogP contribution in [0.4, 0.5) is 0 Å². The van der Waals surface area contributed by atoms with E-state index < -0.39 is 0 Å². The van der Waals surface area contributed by atoms with E-state index in [1.165, 1.54) is 56.8 Å². The summed E-state index contributed by atoms with van der Waals surface area (Å²) in [6.45, 7) is 3.80. The topological polar surface area (TPSA) is 15.3 Å². The van der Waals surface area contributed by atoms with Crippen molar-refractivity contribution in [2.24, 2.45) is 5.92 Å². The minimum Gasteiger partial charge on any atom is -0.313 e. The molecular formula is C12H24N2S. The fraction of sp³-hybridized carbons (Fsp3) is 1.00. The number of hydrogen-bond donors (Lipinski definition) is 1. The number of nitrogens with zero attached hydrogens (tertiary/aromatic N) is 1. The van der Waals surface area contributed by atoms with Gasteiger partial charge in [0.1, 0.15) is 0 Å². The summed E-state index contributed by atoms with van der Waals surface area (Å²) in [6.07, 6.45) is 5.61. The predicted molar refractivity (Wildman–Crippen MR) is 68.6 cm³/mol. The van der Waals surface area contributed by atoms with Gasteiger partial charge in [-0.15, -0.1) is 0 Å². The van der Waals surface area contributed by atoms with Crippen LogP contribution in [0.1, 0.15) is 25.7 Å². The van der Waals surface area contributed by atoms with Crippen LogP contribution >= 0.6 is 11.8 Å². The van der Waals surface area contributed by atoms with Crippen molar-refractivity contribution in [2.75, 3.05) is 38.2 Å². The lowest BCUT2D eigenvalue weighted by molar-refractivity contribution is 0.238. The zero-order valence-electron chi connectivity index (χ0n) is 9.87. The summed E-state index contributed by atoms with van der Waals surface area (Å²) in [4.78, 5) is 2.54. The summed E-state index contributed by atoms with van der Waals surface area (Å²) in [7, 11) is 2.29. The maximum Gasteiger partial charge on any atom is 0.0194 e. The number of nitrogens with one attached hydrogen (secondary N) is 1. The molecule has 1 N–H and O–H groups in total. The van der Waals surface area contributed by atoms with E-state index in [4.69, 9.17) is 0 Å². The molecule has 0 aromatic carbocycles. The third-order valence-electron chi connectivity index (χ3n) is 3.54. The molecule has 0 spiro atoms. The Morgan fingerprint density at radius 2 is 2.20 bits per heavy atom. The van der Waals surface area contributed by atoms with Gasteiger partial charge < -0.3 is 10.2 Å². The van der Waals surface area contributed by atoms with Gasteiger partial charge in [-0.3, -0.25) is 0 Å². The van der Waals surface area contributed by atoms with Crippen LogP contribution in [0.3, 0.4) is 0 Å². The summed E-state index contributed by atoms with van der Waals surface area (Å²) < 4.78 is 0. The van der Waals surface area contributed by atoms with Gasteiger partial charge in [-0.05, 0) is 50.3 Å². The van der Waals surface area contributed by atoms with E-state index in [1.807, 2.05) is 0 Å². The van der Waals surface area contributed by atoms with Crippen molar-refractivity contribution in [1.29, 1.82) is 0 Å². The third-order valence-corrected chi connectivity index (χ3v) is 4.77. The van der Waals surface area contributed by atoms with E-state index in [0.29, 0.717) is 0 Å². The number of thioether (sulfide) groups is 1. The molecule has 0 aromatic rings. The summed E-state index contributed by atoms with van der Waals surface area (Å²) >= 11 is 2.13. The second-order valence-electron chi connectivity index (χ2n) is 5.10. The van der Waals surface area contributed by atoms with E-state index in [2.05, 4.69) is 29.0 Å². The van der Waals surface area contributed by atoms with Crippen molar-refractivity contribution in [1.82, 2.24) is 10.2 Å². The van der Waals surface area contributed by atoms with Crippen LogP contribution in [0.25, 0.3) is 0 Å². The molecule has 0 aliphatic carbocycles. The second-order valence-corrected chi connectivity index (χ2v) is 6.25. The zero-order valence-corrected chi connectivity index (χ0v) is 10.7. The largest absolute Gasteiger partial charge is 0.313 e. The monoisotopic (exact) mass is 228 g/mol. The Morgan fingerprint density at radius 1 is 1.27 bits per heavy atom. The fourth-order valence-electron chi connectivity index (χ4n) is 2.70. The number of hydrogen-bond acceptors (Lipinski definition) is 3. The smallest absolute Gasteiger partial charge is 0.0194 e. The minimum absolute atomic E-state index is 0.762. The standard InChI is InChI=1S/C12H24N2S/c1-14(8-11-5-7-15-10-11)9-12-4-2-3-6-13-12/h11-13H,2-10H2,1H3. The van der Waals surface area contributed by atoms with Gasteiger partial charge in [0.15, 0.2) is 0 Å². The van der Waals surface area contributed by atoms with Gasteiger partial charge >= 0.3 is 0 Å². The average Bonchev–Trinajstić information content (AvgIpc) is 2.71. The highest BCUT2D eigenvalue weighted by molar-refractivity contribution is 7.99. The molecule has 0 amide bonds. The van der Waals surface area contributed by atoms with Crippen LogP contribution in [0.15, 0.2) is 0 Å². The van der Waals surface area contributed by atoms with Crippen LogP contribution in [-0.2, 0) is 0 Å². The maximum absolute atomic E-state index is 3.63. The summed E-state index contributed by atoms with van der Waals surface area (Å²) in [6, 6.07) is 0.762. The Hall–Kier alpha value is 0.270. The molecule has 2 nitrogen and oxygen atoms in total. The number of likely N-dealkylation sites (N-methyl/N-ethyl adjacent to an activating group) is 1. The lowest BCUT2D eigenvalue weighted by Gasteiger charge is -2.29. The molecule has 88 valence electrons. The first-order valence-corrected chi connectivity index (χ1v) is 7.50. The first-order chi connectivity index (χ1) is 7.34. The molecule has 2 rings (SSSR count). The minimum atomic E-state index is 0.762. The van der Waals surface area contributed by atoms with E-state index in [1.54, 1.807) is 0 Å². The Kier molecular flexibility index (Phi) is 4.79. The van der Waals surface area contributed by atoms with Crippen molar-refractivity contribution in [2.45, 2.75) is 31.7 Å². The van der Waals surface area contributed by atoms with Gasteiger partial charge in [0.2, 0.25) is 0 Å². The van der Waals surface area contributed by atoms with Crippen molar-refractivity contribution in [3.63, 3.8) is 0 Å². The van der Waals surface area contributed by atoms with Gasteiger partial charge in [-0.1, -0.05) is 6.42 Å². The molecule has 2 saturated heterocycles. The Bertz CT molecular complexity index is 174. The van der Waals surface area contributed by atoms with Crippen LogP contribution in [0.2, 0.25) is 0 Å². The van der Waals surface area contributed by atoms with Crippen molar-refractivity contribution >= 4 is 11.8 Å². The molecular weight excluding hydrogens is 204 g/mol. The van der Waals surface area contributed by atoms with E-state index in [-0.39, 0.29) is 0 Å². The molecule has 0 aromatic heterocycles. The van der Waals surface area contributed by atoms with E-state index >= 15 is 0 Å². The van der Waals surface area contributed by atoms with Crippen molar-refractivity contribution < 1.29 is 0 Å². The molecule has 0 saturated carbocycles. The lowest BCUT2D eigenvalue weighted by Crippen LogP contribution is -2.43. The van der Waals surface area contributed by atoms with Gasteiger partial charge in [-0.25, -0.2) is 0 Å². The maximum atomic E-state index is 3.63. The third kappa shape index (κ3) is 3.97. The first-order valence-electron chi connectivity index (χ1n) is 6.34. The lowest BCUT2D eigenvalue weighted by atomic mass is 10.0. The van der Waals surface area contributed by atoms with Crippen LogP contribution in [-0.4, -0.2) is 49.1 Å². The molecule has 2 aliphatic heterocycles. The predicted octanol–water partition coefficient (Wildman–Crippen LogP) is 1.81. The highest BCUT2D eigenvalue weighted by Gasteiger charge is 2.19.